The monoisotopic (exact) mass is 572 g/mol. The number of nitrogens with one attached hydrogen (secondary N) is 3. The van der Waals surface area contributed by atoms with Crippen LogP contribution in [-0.4, -0.2) is 67.6 Å². The van der Waals surface area contributed by atoms with Gasteiger partial charge in [-0.2, -0.15) is 0 Å². The lowest BCUT2D eigenvalue weighted by molar-refractivity contribution is -0.140. The number of likely N-dealkylation sites (tertiary alicyclic amines) is 1. The molecule has 2 fully saturated rings. The lowest BCUT2D eigenvalue weighted by Crippen LogP contribution is -2.58. The summed E-state index contributed by atoms with van der Waals surface area (Å²) in [7, 11) is 0. The molecular weight excluding hydrogens is 528 g/mol. The van der Waals surface area contributed by atoms with Crippen molar-refractivity contribution in [3.63, 3.8) is 0 Å². The van der Waals surface area contributed by atoms with Crippen LogP contribution in [0.3, 0.4) is 0 Å². The Morgan fingerprint density at radius 1 is 1.00 bits per heavy atom. The first-order chi connectivity index (χ1) is 20.3. The molecule has 8 heteroatoms. The van der Waals surface area contributed by atoms with Gasteiger partial charge >= 0.3 is 0 Å². The minimum atomic E-state index is -0.662. The van der Waals surface area contributed by atoms with E-state index in [1.54, 1.807) is 0 Å². The van der Waals surface area contributed by atoms with E-state index in [1.807, 2.05) is 62.4 Å². The van der Waals surface area contributed by atoms with Gasteiger partial charge in [0.05, 0.1) is 12.0 Å². The van der Waals surface area contributed by atoms with E-state index in [4.69, 9.17) is 4.74 Å². The number of aryl methyl sites for hydroxylation is 2. The topological polar surface area (TPSA) is 99.8 Å². The maximum atomic E-state index is 13.8. The molecule has 3 aliphatic heterocycles. The van der Waals surface area contributed by atoms with E-state index in [1.165, 1.54) is 0 Å². The van der Waals surface area contributed by atoms with Crippen LogP contribution in [0.15, 0.2) is 60.7 Å². The predicted octanol–water partition coefficient (Wildman–Crippen LogP) is 3.92. The van der Waals surface area contributed by atoms with E-state index in [-0.39, 0.29) is 29.7 Å². The summed E-state index contributed by atoms with van der Waals surface area (Å²) < 4.78 is 5.60. The highest BCUT2D eigenvalue weighted by Gasteiger charge is 2.41. The molecule has 0 saturated carbocycles. The number of amides is 3. The van der Waals surface area contributed by atoms with E-state index < -0.39 is 11.5 Å². The molecule has 0 bridgehead atoms. The number of nitrogens with zero attached hydrogens (tertiary/aromatic N) is 1. The van der Waals surface area contributed by atoms with E-state index in [9.17, 15) is 14.4 Å². The van der Waals surface area contributed by atoms with Crippen molar-refractivity contribution < 1.29 is 19.1 Å². The van der Waals surface area contributed by atoms with E-state index in [0.717, 1.165) is 35.2 Å². The van der Waals surface area contributed by atoms with Crippen molar-refractivity contribution in [1.29, 1.82) is 0 Å². The van der Waals surface area contributed by atoms with Crippen molar-refractivity contribution in [2.24, 2.45) is 11.3 Å². The maximum absolute atomic E-state index is 13.8. The molecular formula is C34H44N4O4. The van der Waals surface area contributed by atoms with Crippen molar-refractivity contribution >= 4 is 23.4 Å². The van der Waals surface area contributed by atoms with Gasteiger partial charge in [-0.05, 0) is 68.6 Å². The number of allylic oxidation sites excluding steroid dienone is 2. The van der Waals surface area contributed by atoms with E-state index >= 15 is 0 Å². The largest absolute Gasteiger partial charge is 0.381 e. The third-order valence-electron chi connectivity index (χ3n) is 9.21. The fourth-order valence-electron chi connectivity index (χ4n) is 6.59. The van der Waals surface area contributed by atoms with Crippen molar-refractivity contribution in [1.82, 2.24) is 15.5 Å². The molecule has 3 aliphatic rings. The molecule has 3 amide bonds. The van der Waals surface area contributed by atoms with Crippen LogP contribution in [0.4, 0.5) is 5.69 Å². The fourth-order valence-corrected chi connectivity index (χ4v) is 6.59. The molecule has 3 N–H and O–H groups in total. The number of benzene rings is 2. The van der Waals surface area contributed by atoms with Crippen LogP contribution in [0, 0.1) is 25.2 Å². The molecule has 0 unspecified atom stereocenters. The number of fused-ring (bicyclic) bond motifs is 1. The molecule has 2 saturated heterocycles. The van der Waals surface area contributed by atoms with Crippen molar-refractivity contribution in [2.75, 3.05) is 38.2 Å². The first-order valence-corrected chi connectivity index (χ1v) is 15.3. The van der Waals surface area contributed by atoms with Gasteiger partial charge in [0.2, 0.25) is 17.7 Å². The van der Waals surface area contributed by atoms with Gasteiger partial charge in [0, 0.05) is 44.5 Å². The maximum Gasteiger partial charge on any atom is 0.243 e. The van der Waals surface area contributed by atoms with Crippen LogP contribution >= 0.6 is 0 Å². The molecule has 42 heavy (non-hydrogen) atoms. The molecule has 8 nitrogen and oxygen atoms in total. The third kappa shape index (κ3) is 7.28. The number of piperidine rings is 1. The van der Waals surface area contributed by atoms with Gasteiger partial charge in [-0.3, -0.25) is 19.3 Å². The Kier molecular flexibility index (Phi) is 9.75. The third-order valence-corrected chi connectivity index (χ3v) is 9.21. The Morgan fingerprint density at radius 2 is 1.74 bits per heavy atom. The molecule has 3 heterocycles. The number of carbonyl (C=O) groups excluding carboxylic acids is 3. The second-order valence-electron chi connectivity index (χ2n) is 12.2. The molecule has 5 rings (SSSR count). The van der Waals surface area contributed by atoms with Crippen LogP contribution in [-0.2, 0) is 25.5 Å². The molecule has 2 aromatic carbocycles. The highest BCUT2D eigenvalue weighted by Crippen LogP contribution is 2.36. The second kappa shape index (κ2) is 13.7. The van der Waals surface area contributed by atoms with Gasteiger partial charge in [0.15, 0.2) is 0 Å². The summed E-state index contributed by atoms with van der Waals surface area (Å²) in [5, 5.41) is 9.57. The SMILES string of the molecule is Cc1cccc(C)c1NC(=O)CN1CC[C@@H]2NC(=O)[C@H](Cc3ccccc3)NC(=O)C3(C/C=C/C[C@H]2C1)CCOCC3. The quantitative estimate of drug-likeness (QED) is 0.472. The predicted molar refractivity (Wildman–Crippen MR) is 164 cm³/mol. The summed E-state index contributed by atoms with van der Waals surface area (Å²) in [5.41, 5.74) is 3.41. The van der Waals surface area contributed by atoms with Crippen LogP contribution in [0.2, 0.25) is 0 Å². The van der Waals surface area contributed by atoms with Crippen LogP contribution in [0.5, 0.6) is 0 Å². The second-order valence-corrected chi connectivity index (χ2v) is 12.2. The van der Waals surface area contributed by atoms with Crippen molar-refractivity contribution in [3.05, 3.63) is 77.4 Å². The summed E-state index contributed by atoms with van der Waals surface area (Å²) in [6.07, 6.45) is 8.16. The number of carbonyl (C=O) groups is 3. The average Bonchev–Trinajstić information content (AvgIpc) is 2.98. The van der Waals surface area contributed by atoms with Crippen molar-refractivity contribution in [3.8, 4) is 0 Å². The van der Waals surface area contributed by atoms with Gasteiger partial charge in [-0.25, -0.2) is 0 Å². The van der Waals surface area contributed by atoms with Gasteiger partial charge in [0.25, 0.3) is 0 Å². The van der Waals surface area contributed by atoms with Crippen molar-refractivity contribution in [2.45, 2.75) is 64.5 Å². The van der Waals surface area contributed by atoms with Gasteiger partial charge in [0.1, 0.15) is 6.04 Å². The standard InChI is InChI=1S/C34H44N4O4/c1-24-9-8-10-25(2)31(24)37-30(39)23-38-18-14-28-27(22-38)13-6-7-15-34(16-19-42-20-17-34)33(41)36-29(32(40)35-28)21-26-11-4-3-5-12-26/h3-12,27-29H,13-23H2,1-2H3,(H,35,40)(H,36,41)(H,37,39)/b7-6+/t27-,28-,29-/m0/s1. The van der Waals surface area contributed by atoms with Gasteiger partial charge in [-0.1, -0.05) is 60.7 Å². The van der Waals surface area contributed by atoms with Crippen LogP contribution in [0.25, 0.3) is 0 Å². The average molecular weight is 573 g/mol. The highest BCUT2D eigenvalue weighted by atomic mass is 16.5. The van der Waals surface area contributed by atoms with Gasteiger partial charge < -0.3 is 20.7 Å². The summed E-state index contributed by atoms with van der Waals surface area (Å²) in [5.74, 6) is -0.0701. The van der Waals surface area contributed by atoms with E-state index in [2.05, 4.69) is 33.0 Å². The lowest BCUT2D eigenvalue weighted by Gasteiger charge is -2.40. The van der Waals surface area contributed by atoms with Crippen LogP contribution < -0.4 is 16.0 Å². The summed E-state index contributed by atoms with van der Waals surface area (Å²) >= 11 is 0. The molecule has 224 valence electrons. The number of anilines is 1. The lowest BCUT2D eigenvalue weighted by atomic mass is 9.75. The Labute approximate surface area is 249 Å². The highest BCUT2D eigenvalue weighted by molar-refractivity contribution is 5.94. The van der Waals surface area contributed by atoms with E-state index in [0.29, 0.717) is 58.5 Å². The summed E-state index contributed by atoms with van der Waals surface area (Å²) in [6.45, 7) is 6.83. The number of ether oxygens (including phenoxy) is 1. The first-order valence-electron chi connectivity index (χ1n) is 15.3. The molecule has 0 aliphatic carbocycles. The Balaban J connectivity index is 1.32. The zero-order valence-electron chi connectivity index (χ0n) is 24.9. The number of hydrogen-bond donors (Lipinski definition) is 3. The number of rotatable bonds is 5. The first kappa shape index (κ1) is 30.0. The number of hydrogen-bond acceptors (Lipinski definition) is 5. The normalized spacial score (nSPS) is 25.7. The molecule has 0 radical (unpaired) electrons. The molecule has 0 aromatic heterocycles. The Hall–Kier alpha value is -3.49. The summed E-state index contributed by atoms with van der Waals surface area (Å²) in [6, 6.07) is 15.2. The zero-order chi connectivity index (χ0) is 29.5. The number of para-hydroxylation sites is 1. The minimum absolute atomic E-state index is 0.0225. The van der Waals surface area contributed by atoms with Crippen LogP contribution in [0.1, 0.15) is 48.8 Å². The Bertz CT molecular complexity index is 1270. The Morgan fingerprint density at radius 3 is 2.48 bits per heavy atom. The molecule has 1 spiro atoms. The smallest absolute Gasteiger partial charge is 0.243 e. The fraction of sp³-hybridized carbons (Fsp3) is 0.500. The van der Waals surface area contributed by atoms with Gasteiger partial charge in [-0.15, -0.1) is 0 Å². The summed E-state index contributed by atoms with van der Waals surface area (Å²) in [4.78, 5) is 42.7. The minimum Gasteiger partial charge on any atom is -0.381 e. The molecule has 2 aromatic rings. The zero-order valence-corrected chi connectivity index (χ0v) is 24.9. The molecule has 3 atom stereocenters.